The van der Waals surface area contributed by atoms with Gasteiger partial charge in [0.1, 0.15) is 35.4 Å². The number of nitrogens with zero attached hydrogens (tertiary/aromatic N) is 4. The van der Waals surface area contributed by atoms with E-state index in [1.54, 1.807) is 0 Å². The molecule has 0 aliphatic rings. The number of carbonyl (C=O) groups excluding carboxylic acids is 8. The fourth-order valence-corrected chi connectivity index (χ4v) is 7.72. The molecule has 3 rings (SSSR count). The smallest absolute Gasteiger partial charge is 0.255 e. The van der Waals surface area contributed by atoms with Crippen LogP contribution in [-0.4, -0.2) is 143 Å². The normalized spacial score (nSPS) is 12.0. The van der Waals surface area contributed by atoms with Crippen molar-refractivity contribution in [2.24, 2.45) is 65.8 Å². The molecule has 3 aromatic carbocycles. The summed E-state index contributed by atoms with van der Waals surface area (Å²) >= 11 is 0. The van der Waals surface area contributed by atoms with E-state index >= 15 is 0 Å². The number of nitrogens with two attached hydrogens (primary N) is 8. The van der Waals surface area contributed by atoms with Crippen LogP contribution >= 0.6 is 0 Å². The molecule has 3 aromatic rings. The molecule has 0 bridgehead atoms. The van der Waals surface area contributed by atoms with E-state index in [4.69, 9.17) is 60.1 Å². The molecule has 0 spiro atoms. The molecule has 4 atom stereocenters. The van der Waals surface area contributed by atoms with Crippen molar-refractivity contribution in [3.63, 3.8) is 0 Å². The third-order valence-electron chi connectivity index (χ3n) is 11.9. The highest BCUT2D eigenvalue weighted by Crippen LogP contribution is 2.27. The average molecular weight is 1140 g/mol. The van der Waals surface area contributed by atoms with Gasteiger partial charge in [0.15, 0.2) is 29.6 Å². The fraction of sp³-hybridized carbons (Fsp3) is 0.423. The molecule has 446 valence electrons. The summed E-state index contributed by atoms with van der Waals surface area (Å²) in [6.45, 7) is 3.58. The number of Topliss-reactive ketones (excluding diaryl/α,β-unsaturated/α-hetero) is 1. The summed E-state index contributed by atoms with van der Waals surface area (Å²) in [5, 5.41) is 18.9. The van der Waals surface area contributed by atoms with E-state index in [2.05, 4.69) is 57.2 Å². The van der Waals surface area contributed by atoms with Gasteiger partial charge in [-0.3, -0.25) is 58.3 Å². The van der Waals surface area contributed by atoms with Gasteiger partial charge in [0, 0.05) is 49.7 Å². The lowest BCUT2D eigenvalue weighted by atomic mass is 10.1. The van der Waals surface area contributed by atoms with Crippen molar-refractivity contribution in [2.75, 3.05) is 63.5 Å². The first-order valence-electron chi connectivity index (χ1n) is 25.9. The number of nitrogens with one attached hydrogen (secondary N) is 7. The maximum Gasteiger partial charge on any atom is 0.255 e. The predicted molar refractivity (Wildman–Crippen MR) is 311 cm³/mol. The van der Waals surface area contributed by atoms with E-state index in [9.17, 15) is 38.4 Å². The Labute approximate surface area is 474 Å². The first-order chi connectivity index (χ1) is 39.0. The number of ether oxygens (including phenoxy) is 3. The Bertz CT molecular complexity index is 2840. The van der Waals surface area contributed by atoms with Gasteiger partial charge in [-0.25, -0.2) is 0 Å². The highest BCUT2D eigenvalue weighted by atomic mass is 16.5. The predicted octanol–water partition coefficient (Wildman–Crippen LogP) is -1.08. The molecule has 30 nitrogen and oxygen atoms in total. The Kier molecular flexibility index (Phi) is 27.7. The number of carbonyl (C=O) groups is 8. The van der Waals surface area contributed by atoms with Gasteiger partial charge in [-0.15, -0.1) is 0 Å². The van der Waals surface area contributed by atoms with Crippen molar-refractivity contribution in [1.82, 2.24) is 21.3 Å². The van der Waals surface area contributed by atoms with Crippen LogP contribution in [-0.2, 0) is 24.0 Å². The zero-order valence-corrected chi connectivity index (χ0v) is 46.6. The number of aliphatic imine (C=N–C) groups is 4. The summed E-state index contributed by atoms with van der Waals surface area (Å²) in [5.41, 5.74) is 43.8. The summed E-state index contributed by atoms with van der Waals surface area (Å²) < 4.78 is 16.4. The molecule has 0 saturated heterocycles. The topological polar surface area (TPSA) is 506 Å². The van der Waals surface area contributed by atoms with Crippen molar-refractivity contribution in [1.29, 1.82) is 0 Å². The minimum absolute atomic E-state index is 0.000158. The molecular formula is C52H77N19O11. The molecule has 30 heteroatoms. The highest BCUT2D eigenvalue weighted by Gasteiger charge is 2.28. The third-order valence-corrected chi connectivity index (χ3v) is 11.9. The van der Waals surface area contributed by atoms with Gasteiger partial charge in [-0.1, -0.05) is 0 Å². The number of guanidine groups is 4. The summed E-state index contributed by atoms with van der Waals surface area (Å²) in [5.74, 6) is -5.26. The Morgan fingerprint density at radius 1 is 0.439 bits per heavy atom. The van der Waals surface area contributed by atoms with Crippen LogP contribution in [0.15, 0.2) is 74.6 Å². The second-order valence-corrected chi connectivity index (χ2v) is 18.3. The number of hydrogen-bond donors (Lipinski definition) is 15. The molecule has 0 unspecified atom stereocenters. The fourth-order valence-electron chi connectivity index (χ4n) is 7.72. The number of methoxy groups -OCH3 is 3. The summed E-state index contributed by atoms with van der Waals surface area (Å²) in [4.78, 5) is 124. The molecule has 23 N–H and O–H groups in total. The van der Waals surface area contributed by atoms with Crippen molar-refractivity contribution in [2.45, 2.75) is 95.8 Å². The number of amides is 7. The number of benzene rings is 3. The maximum atomic E-state index is 14.2. The van der Waals surface area contributed by atoms with Gasteiger partial charge in [0.25, 0.3) is 17.7 Å². The van der Waals surface area contributed by atoms with E-state index < -0.39 is 59.6 Å². The Morgan fingerprint density at radius 2 is 0.756 bits per heavy atom. The van der Waals surface area contributed by atoms with Crippen molar-refractivity contribution < 1.29 is 52.6 Å². The zero-order valence-electron chi connectivity index (χ0n) is 46.6. The van der Waals surface area contributed by atoms with Gasteiger partial charge in [0.2, 0.25) is 23.6 Å². The third kappa shape index (κ3) is 23.2. The van der Waals surface area contributed by atoms with Gasteiger partial charge in [-0.2, -0.15) is 0 Å². The molecule has 0 aliphatic heterocycles. The molecule has 0 fully saturated rings. The highest BCUT2D eigenvalue weighted by molar-refractivity contribution is 6.07. The van der Waals surface area contributed by atoms with Gasteiger partial charge >= 0.3 is 0 Å². The largest absolute Gasteiger partial charge is 0.496 e. The first kappa shape index (κ1) is 66.4. The lowest BCUT2D eigenvalue weighted by Crippen LogP contribution is -2.44. The zero-order chi connectivity index (χ0) is 60.9. The number of hydrogen-bond acceptors (Lipinski definition) is 15. The summed E-state index contributed by atoms with van der Waals surface area (Å²) in [6, 6.07) is 8.28. The first-order valence-corrected chi connectivity index (χ1v) is 25.9. The summed E-state index contributed by atoms with van der Waals surface area (Å²) in [7, 11) is 3.98. The number of anilines is 3. The van der Waals surface area contributed by atoms with Crippen molar-refractivity contribution in [3.05, 3.63) is 71.3 Å². The van der Waals surface area contributed by atoms with Crippen molar-refractivity contribution >= 4 is 88.0 Å². The SMILES string of the molecule is COc1ccc(NC(=O)[C@@H](CCCN=C(N)N)NC(=O)c2cc(NC(=O)[C@@H](CCCN=C(N)N)NC(=O)c3cc(NC(=O)[C@@H](C)NC(=O)CCCCN=C(N)N)ccc3OC)ccc2OC)cc1C(=O)N[C@H](CCCN=C(N)N)C(C)=O. The van der Waals surface area contributed by atoms with Crippen LogP contribution in [0.3, 0.4) is 0 Å². The molecule has 82 heavy (non-hydrogen) atoms. The Morgan fingerprint density at radius 3 is 1.09 bits per heavy atom. The lowest BCUT2D eigenvalue weighted by Gasteiger charge is -2.21. The minimum atomic E-state index is -1.27. The molecule has 0 saturated carbocycles. The van der Waals surface area contributed by atoms with Crippen LogP contribution in [0.2, 0.25) is 0 Å². The molecule has 0 heterocycles. The molecule has 0 radical (unpaired) electrons. The Hall–Kier alpha value is -9.90. The van der Waals surface area contributed by atoms with Gasteiger partial charge in [0.05, 0.1) is 44.1 Å². The van der Waals surface area contributed by atoms with E-state index in [0.717, 1.165) is 0 Å². The number of unbranched alkanes of at least 4 members (excludes halogenated alkanes) is 1. The monoisotopic (exact) mass is 1140 g/mol. The summed E-state index contributed by atoms with van der Waals surface area (Å²) in [6.07, 6.45) is 2.19. The van der Waals surface area contributed by atoms with E-state index in [0.29, 0.717) is 25.8 Å². The molecule has 7 amide bonds. The maximum absolute atomic E-state index is 14.2. The second kappa shape index (κ2) is 34.2. The van der Waals surface area contributed by atoms with Crippen LogP contribution in [0, 0.1) is 0 Å². The second-order valence-electron chi connectivity index (χ2n) is 18.3. The minimum Gasteiger partial charge on any atom is -0.496 e. The average Bonchev–Trinajstić information content (AvgIpc) is 3.64. The Balaban J connectivity index is 1.88. The van der Waals surface area contributed by atoms with Crippen LogP contribution in [0.1, 0.15) is 103 Å². The standard InChI is InChI=1S/C52H77N19O11/c1-28(65-42(73)14-6-7-21-61-49(53)54)43(74)66-30-15-18-40(81-4)34(25-30)45(76)70-37(12-9-23-63-51(57)58)48(79)68-32-17-20-41(82-5)35(27-32)46(77)71-38(13-10-24-64-52(59)60)47(78)67-31-16-19-39(80-3)33(26-31)44(75)69-36(29(2)72)11-8-22-62-50(55)56/h15-20,25-28,36-38H,6-14,21-24H2,1-5H3,(H,65,73)(H,66,74)(H,67,78)(H,68,79)(H,69,75)(H,70,76)(H,71,77)(H4,53,54,61)(H4,55,56,62)(H4,57,58,63)(H4,59,60,64)/t28-,36-,37-,38-/m1/s1. The quantitative estimate of drug-likeness (QED) is 0.0192. The van der Waals surface area contributed by atoms with Gasteiger partial charge < -0.3 is 97.3 Å². The number of rotatable bonds is 34. The lowest BCUT2D eigenvalue weighted by molar-refractivity contribution is -0.126. The van der Waals surface area contributed by atoms with Crippen LogP contribution in [0.5, 0.6) is 17.2 Å². The number of ketones is 1. The molecule has 0 aliphatic carbocycles. The molecule has 0 aromatic heterocycles. The van der Waals surface area contributed by atoms with E-state index in [-0.39, 0.29) is 145 Å². The molecular weight excluding hydrogens is 1070 g/mol. The van der Waals surface area contributed by atoms with E-state index in [1.807, 2.05) is 0 Å². The van der Waals surface area contributed by atoms with Crippen LogP contribution < -0.4 is 97.3 Å². The van der Waals surface area contributed by atoms with Crippen molar-refractivity contribution in [3.8, 4) is 17.2 Å². The van der Waals surface area contributed by atoms with Gasteiger partial charge in [-0.05, 0) is 120 Å². The van der Waals surface area contributed by atoms with Crippen LogP contribution in [0.4, 0.5) is 17.1 Å². The van der Waals surface area contributed by atoms with E-state index in [1.165, 1.54) is 89.8 Å². The van der Waals surface area contributed by atoms with Crippen LogP contribution in [0.25, 0.3) is 0 Å².